The van der Waals surface area contributed by atoms with Gasteiger partial charge in [0, 0.05) is 6.08 Å². The van der Waals surface area contributed by atoms with Crippen molar-refractivity contribution in [2.24, 2.45) is 0 Å². The molecule has 188 valence electrons. The van der Waals surface area contributed by atoms with Crippen LogP contribution in [0.15, 0.2) is 120 Å². The topological polar surface area (TPSA) is 87.0 Å². The van der Waals surface area contributed by atoms with Crippen molar-refractivity contribution in [2.75, 3.05) is 0 Å². The van der Waals surface area contributed by atoms with E-state index in [4.69, 9.17) is 5.26 Å². The van der Waals surface area contributed by atoms with E-state index < -0.39 is 15.9 Å². The van der Waals surface area contributed by atoms with Crippen molar-refractivity contribution < 1.29 is 13.2 Å². The molecule has 0 aliphatic heterocycles. The van der Waals surface area contributed by atoms with E-state index in [-0.39, 0.29) is 4.90 Å². The first kappa shape index (κ1) is 26.3. The second-order valence-corrected chi connectivity index (χ2v) is 10.2. The van der Waals surface area contributed by atoms with Gasteiger partial charge in [-0.3, -0.25) is 4.79 Å². The van der Waals surface area contributed by atoms with Crippen LogP contribution in [0.4, 0.5) is 0 Å². The van der Waals surface area contributed by atoms with Gasteiger partial charge < -0.3 is 0 Å². The Morgan fingerprint density at radius 2 is 1.34 bits per heavy atom. The summed E-state index contributed by atoms with van der Waals surface area (Å²) >= 11 is 0. The Labute approximate surface area is 223 Å². The van der Waals surface area contributed by atoms with Crippen molar-refractivity contribution in [3.8, 4) is 6.07 Å². The van der Waals surface area contributed by atoms with Crippen LogP contribution in [-0.2, 0) is 14.8 Å². The number of nitriles is 1. The van der Waals surface area contributed by atoms with E-state index in [1.807, 2.05) is 71.5 Å². The average molecular weight is 519 g/mol. The molecule has 0 aromatic heterocycles. The third-order valence-electron chi connectivity index (χ3n) is 6.00. The summed E-state index contributed by atoms with van der Waals surface area (Å²) in [7, 11) is -4.04. The number of sulfonamides is 1. The molecule has 0 spiro atoms. The van der Waals surface area contributed by atoms with Crippen LogP contribution in [0.2, 0.25) is 0 Å². The van der Waals surface area contributed by atoms with Gasteiger partial charge in [0.05, 0.1) is 16.5 Å². The minimum absolute atomic E-state index is 0.0898. The monoisotopic (exact) mass is 518 g/mol. The highest BCUT2D eigenvalue weighted by atomic mass is 32.2. The molecule has 0 radical (unpaired) electrons. The number of nitrogens with zero attached hydrogens (tertiary/aromatic N) is 1. The third-order valence-corrected chi connectivity index (χ3v) is 7.36. The molecule has 0 fully saturated rings. The van der Waals surface area contributed by atoms with Gasteiger partial charge >= 0.3 is 0 Å². The molecule has 4 aromatic rings. The molecule has 0 bridgehead atoms. The van der Waals surface area contributed by atoms with Crippen LogP contribution in [-0.4, -0.2) is 14.3 Å². The number of carbonyl (C=O) groups excluding carboxylic acids is 1. The van der Waals surface area contributed by atoms with Crippen LogP contribution < -0.4 is 4.72 Å². The highest BCUT2D eigenvalue weighted by molar-refractivity contribution is 7.90. The lowest BCUT2D eigenvalue weighted by Crippen LogP contribution is -2.28. The summed E-state index contributed by atoms with van der Waals surface area (Å²) in [5.41, 5.74) is 6.78. The predicted molar refractivity (Wildman–Crippen MR) is 151 cm³/mol. The Balaban J connectivity index is 1.57. The third kappa shape index (κ3) is 6.33. The lowest BCUT2D eigenvalue weighted by molar-refractivity contribution is -0.114. The second kappa shape index (κ2) is 12.0. The van der Waals surface area contributed by atoms with E-state index in [1.165, 1.54) is 35.9 Å². The van der Waals surface area contributed by atoms with Crippen LogP contribution in [0.1, 0.15) is 41.2 Å². The first-order valence-corrected chi connectivity index (χ1v) is 13.6. The highest BCUT2D eigenvalue weighted by Gasteiger charge is 2.16. The Bertz CT molecular complexity index is 1620. The number of carbonyl (C=O) groups is 1. The maximum atomic E-state index is 12.5. The van der Waals surface area contributed by atoms with Gasteiger partial charge in [-0.2, -0.15) is 5.26 Å². The Hall–Kier alpha value is -4.73. The molecule has 0 unspecified atom stereocenters. The summed E-state index contributed by atoms with van der Waals surface area (Å²) in [6, 6.07) is 35.6. The molecule has 4 aromatic carbocycles. The standard InChI is InChI=1S/C32H26N2O3S/c1-2-30(26-9-5-3-6-10-26)32(27-11-7-4-8-12-27)28-18-13-24(14-19-28)17-22-31(35)34-38(36,37)29-20-15-25(23-33)16-21-29/h3-22H,2H2,1H3,(H,34,35). The van der Waals surface area contributed by atoms with Gasteiger partial charge in [-0.25, -0.2) is 13.1 Å². The molecular weight excluding hydrogens is 492 g/mol. The van der Waals surface area contributed by atoms with Gasteiger partial charge in [-0.05, 0) is 70.2 Å². The van der Waals surface area contributed by atoms with Gasteiger partial charge in [0.2, 0.25) is 0 Å². The zero-order valence-electron chi connectivity index (χ0n) is 20.8. The Kier molecular flexibility index (Phi) is 8.32. The maximum Gasteiger partial charge on any atom is 0.264 e. The first-order chi connectivity index (χ1) is 18.4. The molecule has 4 rings (SSSR count). The number of nitrogens with one attached hydrogen (secondary N) is 1. The van der Waals surface area contributed by atoms with Crippen molar-refractivity contribution in [1.82, 2.24) is 4.72 Å². The minimum atomic E-state index is -4.04. The summed E-state index contributed by atoms with van der Waals surface area (Å²) in [6.07, 6.45) is 3.60. The summed E-state index contributed by atoms with van der Waals surface area (Å²) in [6.45, 7) is 2.15. The number of amides is 1. The van der Waals surface area contributed by atoms with Gasteiger partial charge in [0.1, 0.15) is 0 Å². The first-order valence-electron chi connectivity index (χ1n) is 12.1. The largest absolute Gasteiger partial charge is 0.269 e. The van der Waals surface area contributed by atoms with E-state index >= 15 is 0 Å². The predicted octanol–water partition coefficient (Wildman–Crippen LogP) is 6.45. The molecule has 5 nitrogen and oxygen atoms in total. The molecule has 1 N–H and O–H groups in total. The van der Waals surface area contributed by atoms with Crippen molar-refractivity contribution in [2.45, 2.75) is 18.2 Å². The molecule has 0 saturated carbocycles. The van der Waals surface area contributed by atoms with Gasteiger partial charge in [0.25, 0.3) is 15.9 Å². The molecule has 0 aliphatic carbocycles. The molecule has 0 aliphatic rings. The maximum absolute atomic E-state index is 12.5. The number of hydrogen-bond donors (Lipinski definition) is 1. The van der Waals surface area contributed by atoms with Crippen LogP contribution in [0.3, 0.4) is 0 Å². The van der Waals surface area contributed by atoms with Crippen LogP contribution >= 0.6 is 0 Å². The minimum Gasteiger partial charge on any atom is -0.269 e. The van der Waals surface area contributed by atoms with Crippen molar-refractivity contribution >= 4 is 33.2 Å². The second-order valence-electron chi connectivity index (χ2n) is 8.50. The Morgan fingerprint density at radius 3 is 1.89 bits per heavy atom. The fraction of sp³-hybridized carbons (Fsp3) is 0.0625. The van der Waals surface area contributed by atoms with Gasteiger partial charge in [-0.1, -0.05) is 91.9 Å². The molecular formula is C32H26N2O3S. The summed E-state index contributed by atoms with van der Waals surface area (Å²) in [5.74, 6) is -0.763. The van der Waals surface area contributed by atoms with E-state index in [1.54, 1.807) is 6.08 Å². The fourth-order valence-corrected chi connectivity index (χ4v) is 5.10. The van der Waals surface area contributed by atoms with Crippen molar-refractivity contribution in [1.29, 1.82) is 5.26 Å². The quantitative estimate of drug-likeness (QED) is 0.215. The van der Waals surface area contributed by atoms with Crippen LogP contribution in [0.25, 0.3) is 17.2 Å². The van der Waals surface area contributed by atoms with Crippen molar-refractivity contribution in [3.63, 3.8) is 0 Å². The summed E-state index contributed by atoms with van der Waals surface area (Å²) in [5, 5.41) is 8.87. The lowest BCUT2D eigenvalue weighted by Gasteiger charge is -2.16. The lowest BCUT2D eigenvalue weighted by atomic mass is 9.88. The number of benzene rings is 4. The van der Waals surface area contributed by atoms with E-state index in [2.05, 4.69) is 31.2 Å². The molecule has 6 heteroatoms. The zero-order valence-corrected chi connectivity index (χ0v) is 21.7. The molecule has 0 saturated heterocycles. The van der Waals surface area contributed by atoms with Crippen LogP contribution in [0, 0.1) is 11.3 Å². The molecule has 1 amide bonds. The normalized spacial score (nSPS) is 12.0. The Morgan fingerprint density at radius 1 is 0.789 bits per heavy atom. The van der Waals surface area contributed by atoms with E-state index in [9.17, 15) is 13.2 Å². The van der Waals surface area contributed by atoms with E-state index in [0.717, 1.165) is 34.2 Å². The van der Waals surface area contributed by atoms with Crippen molar-refractivity contribution in [3.05, 3.63) is 143 Å². The molecule has 0 atom stereocenters. The summed E-state index contributed by atoms with van der Waals surface area (Å²) in [4.78, 5) is 12.2. The SMILES string of the molecule is CCC(=C(c1ccccc1)c1ccc(C=CC(=O)NS(=O)(=O)c2ccc(C#N)cc2)cc1)c1ccccc1. The van der Waals surface area contributed by atoms with E-state index in [0.29, 0.717) is 5.56 Å². The molecule has 38 heavy (non-hydrogen) atoms. The number of hydrogen-bond acceptors (Lipinski definition) is 4. The smallest absolute Gasteiger partial charge is 0.264 e. The molecule has 0 heterocycles. The van der Waals surface area contributed by atoms with Gasteiger partial charge in [0.15, 0.2) is 0 Å². The zero-order chi connectivity index (χ0) is 27.0. The fourth-order valence-electron chi connectivity index (χ4n) is 4.15. The van der Waals surface area contributed by atoms with Crippen LogP contribution in [0.5, 0.6) is 0 Å². The summed E-state index contributed by atoms with van der Waals surface area (Å²) < 4.78 is 27.0. The number of rotatable bonds is 8. The highest BCUT2D eigenvalue weighted by Crippen LogP contribution is 2.34. The van der Waals surface area contributed by atoms with Gasteiger partial charge in [-0.15, -0.1) is 0 Å². The number of allylic oxidation sites excluding steroid dienone is 1. The average Bonchev–Trinajstić information content (AvgIpc) is 2.96.